The van der Waals surface area contributed by atoms with E-state index in [0.717, 1.165) is 14.7 Å². The van der Waals surface area contributed by atoms with E-state index in [2.05, 4.69) is 16.0 Å². The number of nitrogens with one attached hydrogen (secondary N) is 3. The van der Waals surface area contributed by atoms with Crippen LogP contribution in [-0.4, -0.2) is 221 Å². The molecule has 0 aliphatic carbocycles. The van der Waals surface area contributed by atoms with Gasteiger partial charge in [-0.3, -0.25) is 52.7 Å². The fraction of sp³-hybridized carbons (Fsp3) is 0.772. The van der Waals surface area contributed by atoms with E-state index < -0.39 is 162 Å². The summed E-state index contributed by atoms with van der Waals surface area (Å²) in [7, 11) is 9.76. The molecule has 12 unspecified atom stereocenters. The van der Waals surface area contributed by atoms with E-state index in [1.165, 1.54) is 96.6 Å². The van der Waals surface area contributed by atoms with Crippen molar-refractivity contribution in [3.63, 3.8) is 0 Å². The normalized spacial score (nSPS) is 28.0. The number of aliphatic hydroxyl groups excluding tert-OH is 1. The largest absolute Gasteiger partial charge is 0.390 e. The van der Waals surface area contributed by atoms with Crippen molar-refractivity contribution < 1.29 is 57.8 Å². The van der Waals surface area contributed by atoms with Crippen molar-refractivity contribution in [2.24, 2.45) is 35.5 Å². The molecule has 450 valence electrons. The topological polar surface area (TPSA) is 267 Å². The minimum atomic E-state index is -1.49. The molecule has 22 nitrogen and oxygen atoms in total. The summed E-state index contributed by atoms with van der Waals surface area (Å²) >= 11 is 0. The number of aliphatic hydroxyl groups is 1. The molecule has 4 N–H and O–H groups in total. The first-order chi connectivity index (χ1) is 36.4. The van der Waals surface area contributed by atoms with E-state index in [4.69, 9.17) is 0 Å². The molecule has 1 aliphatic rings. The Morgan fingerprint density at radius 3 is 1.46 bits per heavy atom. The van der Waals surface area contributed by atoms with Gasteiger partial charge in [0.1, 0.15) is 54.4 Å². The molecule has 10 amide bonds. The quantitative estimate of drug-likeness (QED) is 0.217. The molecule has 1 fully saturated rings. The van der Waals surface area contributed by atoms with Gasteiger partial charge in [-0.1, -0.05) is 81.4 Å². The number of allylic oxidation sites excluding steroid dienone is 2. The summed E-state index contributed by atoms with van der Waals surface area (Å²) in [4.78, 5) is 165. The number of carbonyl (C=O) groups excluding carboxylic acids is 11. The van der Waals surface area contributed by atoms with Crippen molar-refractivity contribution in [2.75, 3.05) is 55.9 Å². The highest BCUT2D eigenvalue weighted by Crippen LogP contribution is 2.26. The predicted octanol–water partition coefficient (Wildman–Crippen LogP) is 2.31. The van der Waals surface area contributed by atoms with Gasteiger partial charge in [-0.05, 0) is 89.9 Å². The maximum Gasteiger partial charge on any atom is 0.246 e. The van der Waals surface area contributed by atoms with Gasteiger partial charge in [0.05, 0.1) is 12.6 Å². The minimum Gasteiger partial charge on any atom is -0.390 e. The molecule has 0 bridgehead atoms. The van der Waals surface area contributed by atoms with E-state index in [9.17, 15) is 57.8 Å². The van der Waals surface area contributed by atoms with Crippen molar-refractivity contribution in [1.82, 2.24) is 50.2 Å². The Balaban J connectivity index is 4.11. The van der Waals surface area contributed by atoms with Crippen LogP contribution >= 0.6 is 0 Å². The second kappa shape index (κ2) is 31.8. The van der Waals surface area contributed by atoms with Crippen molar-refractivity contribution in [1.29, 1.82) is 0 Å². The lowest BCUT2D eigenvalue weighted by Crippen LogP contribution is -2.61. The van der Waals surface area contributed by atoms with E-state index in [1.807, 2.05) is 33.8 Å². The monoisotopic (exact) mass is 1120 g/mol. The third-order valence-electron chi connectivity index (χ3n) is 15.4. The first-order valence-corrected chi connectivity index (χ1v) is 28.0. The van der Waals surface area contributed by atoms with Crippen LogP contribution < -0.4 is 16.0 Å². The molecule has 1 heterocycles. The summed E-state index contributed by atoms with van der Waals surface area (Å²) < 4.78 is 0. The lowest BCUT2D eigenvalue weighted by molar-refractivity contribution is -0.156. The Kier molecular flexibility index (Phi) is 28.6. The van der Waals surface area contributed by atoms with Crippen LogP contribution in [-0.2, 0) is 52.7 Å². The van der Waals surface area contributed by atoms with Crippen LogP contribution in [0.15, 0.2) is 12.2 Å². The zero-order valence-corrected chi connectivity index (χ0v) is 51.7. The highest BCUT2D eigenvalue weighted by Gasteiger charge is 2.44. The summed E-state index contributed by atoms with van der Waals surface area (Å²) in [5.41, 5.74) is 0. The maximum absolute atomic E-state index is 14.8. The van der Waals surface area contributed by atoms with Crippen LogP contribution in [0.2, 0.25) is 0 Å². The Hall–Kier alpha value is -5.93. The molecular weight excluding hydrogens is 1020 g/mol. The van der Waals surface area contributed by atoms with E-state index in [0.29, 0.717) is 6.42 Å². The molecule has 79 heavy (non-hydrogen) atoms. The summed E-state index contributed by atoms with van der Waals surface area (Å²) in [6.07, 6.45) is 2.55. The second-order valence-corrected chi connectivity index (χ2v) is 23.5. The van der Waals surface area contributed by atoms with Gasteiger partial charge in [0.15, 0.2) is 5.78 Å². The van der Waals surface area contributed by atoms with Crippen LogP contribution in [0, 0.1) is 35.5 Å². The molecule has 0 aromatic carbocycles. The average Bonchev–Trinajstić information content (AvgIpc) is 3.38. The van der Waals surface area contributed by atoms with Crippen molar-refractivity contribution in [2.45, 2.75) is 196 Å². The van der Waals surface area contributed by atoms with Crippen LogP contribution in [0.3, 0.4) is 0 Å². The Morgan fingerprint density at radius 1 is 0.532 bits per heavy atom. The number of amides is 10. The molecule has 1 aliphatic heterocycles. The predicted molar refractivity (Wildman–Crippen MR) is 302 cm³/mol. The number of hydrogen-bond donors (Lipinski definition) is 4. The molecular formula is C57H100N10O12. The standard InChI is InChI=1S/C57H100N10O12/c1-23-25-26-35(11)48(70)47-43(68)29-40(24-2)55(77)61(16)30-44(69)64(19)41(27-31(3)4)51(73)60-45(33(7)8)56(78)65(20)42(28-32(5)6)50(72)58-36(12)49(71)59-37(13)52(74)62(17)38(14)53(75)63(18)39(15)54(76)66(21)46(34(9)10)57(79)67(47)22/h23,25,31-42,45-48,70H,24,26-30H2,1-22H3,(H,58,72)(H,59,71)(H,60,73)/b25-23+. The molecule has 1 rings (SSSR count). The number of rotatable bonds is 11. The van der Waals surface area contributed by atoms with Gasteiger partial charge in [-0.2, -0.15) is 0 Å². The zero-order valence-electron chi connectivity index (χ0n) is 51.7. The number of carbonyl (C=O) groups is 11. The number of nitrogens with zero attached hydrogens (tertiary/aromatic N) is 7. The third-order valence-corrected chi connectivity index (χ3v) is 15.4. The number of Topliss-reactive ketones (excluding diaryl/α,β-unsaturated/α-hetero) is 1. The molecule has 0 spiro atoms. The Labute approximate surface area is 471 Å². The summed E-state index contributed by atoms with van der Waals surface area (Å²) in [6.45, 7) is 24.8. The molecule has 22 heteroatoms. The third kappa shape index (κ3) is 19.1. The molecule has 0 radical (unpaired) electrons. The number of hydrogen-bond acceptors (Lipinski definition) is 12. The van der Waals surface area contributed by atoms with Crippen molar-refractivity contribution in [3.8, 4) is 0 Å². The van der Waals surface area contributed by atoms with E-state index >= 15 is 0 Å². The Morgan fingerprint density at radius 2 is 0.987 bits per heavy atom. The van der Waals surface area contributed by atoms with E-state index in [-0.39, 0.29) is 31.1 Å². The highest BCUT2D eigenvalue weighted by molar-refractivity contribution is 5.99. The minimum absolute atomic E-state index is 0.120. The molecule has 0 aromatic rings. The summed E-state index contributed by atoms with van der Waals surface area (Å²) in [5, 5.41) is 20.1. The van der Waals surface area contributed by atoms with Gasteiger partial charge in [-0.15, -0.1) is 0 Å². The number of likely N-dealkylation sites (N-methyl/N-ethyl adjacent to an activating group) is 7. The maximum atomic E-state index is 14.8. The SMILES string of the molecule is C/C=C/CC(C)C(O)C1C(=O)CC(CC)C(=O)N(C)CC(=O)N(C)C(CC(C)C)C(=O)NC(C(C)C)C(=O)N(C)C(CC(C)C)C(=O)NC(C)C(=O)NC(C)C(=O)N(C)C(C)C(=O)N(C)C(C)C(=O)N(C)C(C(C)C)C(=O)N1C. The smallest absolute Gasteiger partial charge is 0.246 e. The van der Waals surface area contributed by atoms with Crippen LogP contribution in [0.5, 0.6) is 0 Å². The van der Waals surface area contributed by atoms with Crippen molar-refractivity contribution in [3.05, 3.63) is 12.2 Å². The van der Waals surface area contributed by atoms with Crippen LogP contribution in [0.4, 0.5) is 0 Å². The molecule has 1 saturated heterocycles. The first kappa shape index (κ1) is 71.1. The summed E-state index contributed by atoms with van der Waals surface area (Å²) in [5.74, 6) is -10.0. The van der Waals surface area contributed by atoms with Gasteiger partial charge in [0, 0.05) is 61.7 Å². The fourth-order valence-electron chi connectivity index (χ4n) is 9.76. The fourth-order valence-corrected chi connectivity index (χ4v) is 9.76. The average molecular weight is 1120 g/mol. The lowest BCUT2D eigenvalue weighted by atomic mass is 9.86. The lowest BCUT2D eigenvalue weighted by Gasteiger charge is -2.40. The first-order valence-electron chi connectivity index (χ1n) is 28.0. The van der Waals surface area contributed by atoms with Gasteiger partial charge < -0.3 is 55.4 Å². The second-order valence-electron chi connectivity index (χ2n) is 23.5. The van der Waals surface area contributed by atoms with Gasteiger partial charge in [-0.25, -0.2) is 0 Å². The van der Waals surface area contributed by atoms with Gasteiger partial charge in [0.2, 0.25) is 59.1 Å². The highest BCUT2D eigenvalue weighted by atomic mass is 16.3. The molecule has 12 atom stereocenters. The van der Waals surface area contributed by atoms with Crippen LogP contribution in [0.1, 0.15) is 136 Å². The van der Waals surface area contributed by atoms with E-state index in [1.54, 1.807) is 54.5 Å². The molecule has 0 saturated carbocycles. The molecule has 0 aromatic heterocycles. The Bertz CT molecular complexity index is 2180. The van der Waals surface area contributed by atoms with Crippen molar-refractivity contribution >= 4 is 64.9 Å². The summed E-state index contributed by atoms with van der Waals surface area (Å²) in [6, 6.07) is -10.9. The van der Waals surface area contributed by atoms with Gasteiger partial charge in [0.25, 0.3) is 0 Å². The zero-order chi connectivity index (χ0) is 61.4. The van der Waals surface area contributed by atoms with Gasteiger partial charge >= 0.3 is 0 Å². The number of ketones is 1. The van der Waals surface area contributed by atoms with Crippen LogP contribution in [0.25, 0.3) is 0 Å².